The first-order valence-electron chi connectivity index (χ1n) is 20.1. The minimum Gasteiger partial charge on any atom is -0.462 e. The Hall–Kier alpha value is -1.10. The molecule has 0 aromatic heterocycles. The number of carbonyl (C=O) groups excluding carboxylic acids is 2. The monoisotopic (exact) mass is 639 g/mol. The van der Waals surface area contributed by atoms with Crippen molar-refractivity contribution in [1.29, 1.82) is 0 Å². The molecule has 1 atom stereocenters. The molecule has 0 aromatic rings. The molecule has 268 valence electrons. The minimum atomic E-state index is -0.760. The molecule has 0 heterocycles. The summed E-state index contributed by atoms with van der Waals surface area (Å²) in [7, 11) is 0. The molecule has 0 fully saturated rings. The number of carbonyl (C=O) groups is 2. The summed E-state index contributed by atoms with van der Waals surface area (Å²) < 4.78 is 10.6. The lowest BCUT2D eigenvalue weighted by Gasteiger charge is -2.15. The van der Waals surface area contributed by atoms with Crippen molar-refractivity contribution in [2.24, 2.45) is 0 Å². The molecule has 45 heavy (non-hydrogen) atoms. The number of hydrogen-bond acceptors (Lipinski definition) is 5. The molecule has 0 aliphatic heterocycles. The average Bonchev–Trinajstić information content (AvgIpc) is 3.04. The van der Waals surface area contributed by atoms with E-state index >= 15 is 0 Å². The van der Waals surface area contributed by atoms with Crippen molar-refractivity contribution < 1.29 is 24.2 Å². The van der Waals surface area contributed by atoms with Crippen LogP contribution in [-0.4, -0.2) is 36.4 Å². The first-order valence-corrected chi connectivity index (χ1v) is 20.1. The van der Waals surface area contributed by atoms with Crippen molar-refractivity contribution in [2.75, 3.05) is 13.2 Å². The van der Waals surface area contributed by atoms with E-state index in [1.165, 1.54) is 167 Å². The van der Waals surface area contributed by atoms with Crippen LogP contribution in [-0.2, 0) is 19.1 Å². The quantitative estimate of drug-likeness (QED) is 0.0541. The summed E-state index contributed by atoms with van der Waals surface area (Å²) in [6.07, 6.45) is 40.3. The molecule has 0 bridgehead atoms. The molecule has 0 saturated carbocycles. The summed E-state index contributed by atoms with van der Waals surface area (Å²) in [6, 6.07) is 0. The van der Waals surface area contributed by atoms with Gasteiger partial charge in [-0.05, 0) is 12.8 Å². The average molecular weight is 639 g/mol. The molecule has 5 nitrogen and oxygen atoms in total. The number of aliphatic hydroxyl groups is 1. The standard InChI is InChI=1S/C40H78O5/c1-3-5-7-9-11-13-15-16-17-18-19-20-21-22-23-24-25-27-28-30-32-34-39(42)44-37-38(36-41)45-40(43)35-33-31-29-26-14-12-10-8-6-4-2/h38,41H,3-37H2,1-2H3/t38-/m0/s1. The second kappa shape index (κ2) is 37.4. The molecule has 0 unspecified atom stereocenters. The first kappa shape index (κ1) is 43.9. The third-order valence-corrected chi connectivity index (χ3v) is 9.15. The zero-order chi connectivity index (χ0) is 32.9. The highest BCUT2D eigenvalue weighted by Crippen LogP contribution is 2.16. The molecule has 0 spiro atoms. The zero-order valence-electron chi connectivity index (χ0n) is 30.4. The highest BCUT2D eigenvalue weighted by molar-refractivity contribution is 5.70. The third kappa shape index (κ3) is 35.6. The molecule has 1 N–H and O–H groups in total. The third-order valence-electron chi connectivity index (χ3n) is 9.15. The van der Waals surface area contributed by atoms with Gasteiger partial charge in [-0.15, -0.1) is 0 Å². The van der Waals surface area contributed by atoms with Crippen molar-refractivity contribution in [3.63, 3.8) is 0 Å². The van der Waals surface area contributed by atoms with Crippen molar-refractivity contribution in [2.45, 2.75) is 232 Å². The van der Waals surface area contributed by atoms with Crippen LogP contribution in [0.1, 0.15) is 226 Å². The molecule has 0 aromatic carbocycles. The molecule has 0 aliphatic rings. The van der Waals surface area contributed by atoms with Crippen molar-refractivity contribution in [3.05, 3.63) is 0 Å². The predicted octanol–water partition coefficient (Wildman–Crippen LogP) is 12.3. The Kier molecular flexibility index (Phi) is 36.4. The van der Waals surface area contributed by atoms with Crippen LogP contribution in [0.2, 0.25) is 0 Å². The lowest BCUT2D eigenvalue weighted by Crippen LogP contribution is -2.28. The number of aliphatic hydroxyl groups excluding tert-OH is 1. The van der Waals surface area contributed by atoms with Gasteiger partial charge >= 0.3 is 11.9 Å². The zero-order valence-corrected chi connectivity index (χ0v) is 30.4. The van der Waals surface area contributed by atoms with E-state index < -0.39 is 6.10 Å². The molecular weight excluding hydrogens is 560 g/mol. The highest BCUT2D eigenvalue weighted by atomic mass is 16.6. The Bertz CT molecular complexity index is 607. The molecule has 0 aliphatic carbocycles. The van der Waals surface area contributed by atoms with Gasteiger partial charge in [0.25, 0.3) is 0 Å². The predicted molar refractivity (Wildman–Crippen MR) is 192 cm³/mol. The van der Waals surface area contributed by atoms with Crippen LogP contribution < -0.4 is 0 Å². The van der Waals surface area contributed by atoms with Gasteiger partial charge in [-0.2, -0.15) is 0 Å². The molecule has 5 heteroatoms. The summed E-state index contributed by atoms with van der Waals surface area (Å²) in [5.74, 6) is -0.578. The van der Waals surface area contributed by atoms with Crippen LogP contribution in [0, 0.1) is 0 Å². The Morgan fingerprint density at radius 3 is 0.978 bits per heavy atom. The Morgan fingerprint density at radius 1 is 0.422 bits per heavy atom. The molecule has 0 amide bonds. The lowest BCUT2D eigenvalue weighted by molar-refractivity contribution is -0.161. The lowest BCUT2D eigenvalue weighted by atomic mass is 10.0. The number of hydrogen-bond donors (Lipinski definition) is 1. The fraction of sp³-hybridized carbons (Fsp3) is 0.950. The van der Waals surface area contributed by atoms with E-state index in [9.17, 15) is 14.7 Å². The van der Waals surface area contributed by atoms with Crippen molar-refractivity contribution in [3.8, 4) is 0 Å². The van der Waals surface area contributed by atoms with E-state index in [1.807, 2.05) is 0 Å². The number of ether oxygens (including phenoxy) is 2. The van der Waals surface area contributed by atoms with Gasteiger partial charge < -0.3 is 14.6 Å². The second-order valence-corrected chi connectivity index (χ2v) is 13.7. The van der Waals surface area contributed by atoms with Crippen LogP contribution in [0.15, 0.2) is 0 Å². The molecule has 0 rings (SSSR count). The number of esters is 2. The summed E-state index contributed by atoms with van der Waals surface area (Å²) in [5, 5.41) is 9.52. The van der Waals surface area contributed by atoms with Gasteiger partial charge in [0.1, 0.15) is 6.61 Å². The van der Waals surface area contributed by atoms with Crippen LogP contribution >= 0.6 is 0 Å². The fourth-order valence-electron chi connectivity index (χ4n) is 6.08. The normalized spacial score (nSPS) is 12.0. The van der Waals surface area contributed by atoms with E-state index in [0.717, 1.165) is 32.1 Å². The SMILES string of the molecule is CCCCCCCCCCCCCCCCCCCCCCCC(=O)OC[C@H](CO)OC(=O)CCCCCCCCCCCC. The number of rotatable bonds is 37. The van der Waals surface area contributed by atoms with E-state index in [4.69, 9.17) is 9.47 Å². The Balaban J connectivity index is 3.44. The van der Waals surface area contributed by atoms with Crippen LogP contribution in [0.3, 0.4) is 0 Å². The van der Waals surface area contributed by atoms with Gasteiger partial charge in [-0.3, -0.25) is 9.59 Å². The highest BCUT2D eigenvalue weighted by Gasteiger charge is 2.16. The smallest absolute Gasteiger partial charge is 0.306 e. The van der Waals surface area contributed by atoms with Gasteiger partial charge in [-0.25, -0.2) is 0 Å². The number of unbranched alkanes of at least 4 members (excludes halogenated alkanes) is 29. The van der Waals surface area contributed by atoms with Crippen LogP contribution in [0.4, 0.5) is 0 Å². The van der Waals surface area contributed by atoms with Gasteiger partial charge in [0.2, 0.25) is 0 Å². The first-order chi connectivity index (χ1) is 22.1. The minimum absolute atomic E-state index is 0.0572. The summed E-state index contributed by atoms with van der Waals surface area (Å²) >= 11 is 0. The topological polar surface area (TPSA) is 72.8 Å². The maximum Gasteiger partial charge on any atom is 0.306 e. The molecule has 0 saturated heterocycles. The summed E-state index contributed by atoms with van der Waals surface area (Å²) in [4.78, 5) is 24.2. The second-order valence-electron chi connectivity index (χ2n) is 13.7. The largest absolute Gasteiger partial charge is 0.462 e. The van der Waals surface area contributed by atoms with Crippen LogP contribution in [0.25, 0.3) is 0 Å². The van der Waals surface area contributed by atoms with E-state index in [-0.39, 0.29) is 25.2 Å². The van der Waals surface area contributed by atoms with Gasteiger partial charge in [0.05, 0.1) is 6.61 Å². The maximum absolute atomic E-state index is 12.1. The van der Waals surface area contributed by atoms with Gasteiger partial charge in [0, 0.05) is 12.8 Å². The van der Waals surface area contributed by atoms with Crippen molar-refractivity contribution in [1.82, 2.24) is 0 Å². The van der Waals surface area contributed by atoms with E-state index in [1.54, 1.807) is 0 Å². The van der Waals surface area contributed by atoms with Gasteiger partial charge in [-0.1, -0.05) is 200 Å². The Labute approximate surface area is 280 Å². The maximum atomic E-state index is 12.1. The van der Waals surface area contributed by atoms with Crippen LogP contribution in [0.5, 0.6) is 0 Å². The molecule has 0 radical (unpaired) electrons. The van der Waals surface area contributed by atoms with E-state index in [2.05, 4.69) is 13.8 Å². The van der Waals surface area contributed by atoms with Gasteiger partial charge in [0.15, 0.2) is 6.10 Å². The fourth-order valence-corrected chi connectivity index (χ4v) is 6.08. The summed E-state index contributed by atoms with van der Waals surface area (Å²) in [6.45, 7) is 4.15. The molecular formula is C40H78O5. The van der Waals surface area contributed by atoms with E-state index in [0.29, 0.717) is 12.8 Å². The summed E-state index contributed by atoms with van der Waals surface area (Å²) in [5.41, 5.74) is 0. The van der Waals surface area contributed by atoms with Crippen molar-refractivity contribution >= 4 is 11.9 Å². The Morgan fingerprint density at radius 2 is 0.689 bits per heavy atom.